The molecule has 0 amide bonds. The molecule has 3 aromatic carbocycles. The summed E-state index contributed by atoms with van der Waals surface area (Å²) in [6, 6.07) is 26.1. The number of hydrogen-bond acceptors (Lipinski definition) is 1. The number of nitrogens with two attached hydrogens (primary N) is 1. The Morgan fingerprint density at radius 2 is 1.22 bits per heavy atom. The zero-order chi connectivity index (χ0) is 11.9. The van der Waals surface area contributed by atoms with Crippen molar-refractivity contribution < 1.29 is 17.1 Å². The van der Waals surface area contributed by atoms with Crippen molar-refractivity contribution in [2.75, 3.05) is 5.73 Å². The normalized spacial score (nSPS) is 8.89. The smallest absolute Gasteiger partial charge is 0.0163 e. The molecular weight excluding hydrogens is 262 g/mol. The van der Waals surface area contributed by atoms with Gasteiger partial charge in [0.2, 0.25) is 0 Å². The monoisotopic (exact) mass is 277 g/mol. The van der Waals surface area contributed by atoms with E-state index in [0.717, 1.165) is 5.69 Å². The van der Waals surface area contributed by atoms with Crippen molar-refractivity contribution in [1.82, 2.24) is 0 Å². The molecule has 3 aromatic rings. The predicted octanol–water partition coefficient (Wildman–Crippen LogP) is 4.06. The quantitative estimate of drug-likeness (QED) is 0.405. The first-order valence-corrected chi connectivity index (χ1v) is 5.60. The number of rotatable bonds is 1. The van der Waals surface area contributed by atoms with Crippen LogP contribution in [0.15, 0.2) is 78.9 Å². The summed E-state index contributed by atoms with van der Waals surface area (Å²) in [6.45, 7) is 0. The first kappa shape index (κ1) is 14.3. The molecular formula is C16H15FeN-6. The Labute approximate surface area is 118 Å². The number of nitrogen functional groups attached to an aromatic ring is 1. The Hall–Kier alpha value is -1.76. The van der Waals surface area contributed by atoms with Gasteiger partial charge in [-0.1, -0.05) is 17.7 Å². The van der Waals surface area contributed by atoms with E-state index in [9.17, 15) is 0 Å². The number of anilines is 1. The molecule has 2 N–H and O–H groups in total. The second kappa shape index (κ2) is 7.54. The molecule has 2 heteroatoms. The van der Waals surface area contributed by atoms with Gasteiger partial charge in [-0.2, -0.15) is 12.1 Å². The Morgan fingerprint density at radius 3 is 1.67 bits per heavy atom. The van der Waals surface area contributed by atoms with Crippen LogP contribution in [0.1, 0.15) is 0 Å². The number of benzene rings is 1. The van der Waals surface area contributed by atoms with Crippen molar-refractivity contribution in [2.24, 2.45) is 0 Å². The standard InChI is InChI=1S/C11H10N.C5H5.Fe/c12-11-7-5-10(6-8-11)9-3-1-2-4-9;1-2-4-5-3-1;/h1-8H,12H2;1-5H;/q-1;-5;. The molecule has 0 saturated heterocycles. The minimum atomic E-state index is 0. The molecule has 0 bridgehead atoms. The third-order valence-corrected chi connectivity index (χ3v) is 2.46. The fourth-order valence-electron chi connectivity index (χ4n) is 1.56. The fraction of sp³-hybridized carbons (Fsp3) is 0. The molecule has 0 aliphatic carbocycles. The van der Waals surface area contributed by atoms with Gasteiger partial charge in [-0.25, -0.2) is 0 Å². The van der Waals surface area contributed by atoms with Crippen molar-refractivity contribution in [3.63, 3.8) is 0 Å². The van der Waals surface area contributed by atoms with E-state index >= 15 is 0 Å². The van der Waals surface area contributed by atoms with Crippen LogP contribution < -0.4 is 5.73 Å². The summed E-state index contributed by atoms with van der Waals surface area (Å²) in [6.07, 6.45) is 0. The van der Waals surface area contributed by atoms with Crippen LogP contribution in [0.4, 0.5) is 5.69 Å². The van der Waals surface area contributed by atoms with Crippen LogP contribution in [-0.2, 0) is 17.1 Å². The van der Waals surface area contributed by atoms with E-state index in [0.29, 0.717) is 0 Å². The summed E-state index contributed by atoms with van der Waals surface area (Å²) < 4.78 is 0. The molecule has 18 heavy (non-hydrogen) atoms. The molecule has 0 aliphatic heterocycles. The van der Waals surface area contributed by atoms with Crippen molar-refractivity contribution >= 4 is 5.69 Å². The van der Waals surface area contributed by atoms with Crippen molar-refractivity contribution in [3.05, 3.63) is 78.9 Å². The molecule has 0 aliphatic rings. The molecule has 3 rings (SSSR count). The Kier molecular flexibility index (Phi) is 5.99. The summed E-state index contributed by atoms with van der Waals surface area (Å²) in [5.41, 5.74) is 8.85. The maximum atomic E-state index is 5.58. The molecule has 0 saturated carbocycles. The second-order valence-electron chi connectivity index (χ2n) is 3.76. The molecule has 0 spiro atoms. The molecule has 0 unspecified atom stereocenters. The van der Waals surface area contributed by atoms with E-state index in [1.807, 2.05) is 66.7 Å². The van der Waals surface area contributed by atoms with Gasteiger partial charge in [-0.05, 0) is 0 Å². The molecule has 0 aromatic heterocycles. The van der Waals surface area contributed by atoms with Crippen LogP contribution in [0.25, 0.3) is 11.1 Å². The average molecular weight is 277 g/mol. The topological polar surface area (TPSA) is 26.0 Å². The van der Waals surface area contributed by atoms with E-state index in [1.54, 1.807) is 0 Å². The van der Waals surface area contributed by atoms with Crippen LogP contribution in [0, 0.1) is 0 Å². The Morgan fingerprint density at radius 1 is 0.778 bits per heavy atom. The summed E-state index contributed by atoms with van der Waals surface area (Å²) in [5, 5.41) is 0. The Bertz CT molecular complexity index is 490. The van der Waals surface area contributed by atoms with Crippen LogP contribution in [0.3, 0.4) is 0 Å². The van der Waals surface area contributed by atoms with Crippen molar-refractivity contribution in [3.8, 4) is 11.1 Å². The van der Waals surface area contributed by atoms with Gasteiger partial charge >= 0.3 is 0 Å². The van der Waals surface area contributed by atoms with E-state index in [4.69, 9.17) is 5.73 Å². The molecule has 1 nitrogen and oxygen atoms in total. The van der Waals surface area contributed by atoms with Crippen LogP contribution in [0.2, 0.25) is 0 Å². The van der Waals surface area contributed by atoms with Gasteiger partial charge in [-0.3, -0.25) is 0 Å². The van der Waals surface area contributed by atoms with E-state index in [-0.39, 0.29) is 17.1 Å². The maximum absolute atomic E-state index is 5.58. The van der Waals surface area contributed by atoms with E-state index in [2.05, 4.69) is 12.1 Å². The van der Waals surface area contributed by atoms with Gasteiger partial charge < -0.3 is 36.1 Å². The summed E-state index contributed by atoms with van der Waals surface area (Å²) in [4.78, 5) is 0. The fourth-order valence-corrected chi connectivity index (χ4v) is 1.56. The van der Waals surface area contributed by atoms with Crippen LogP contribution in [0.5, 0.6) is 0 Å². The molecule has 0 heterocycles. The van der Waals surface area contributed by atoms with E-state index in [1.165, 1.54) is 11.1 Å². The molecule has 0 fully saturated rings. The SMILES string of the molecule is Nc1ccc(-[c-]2cccc2)cc1.[Fe].[cH-]1[cH-][cH-][cH-][cH-]1. The summed E-state index contributed by atoms with van der Waals surface area (Å²) in [7, 11) is 0. The molecule has 0 radical (unpaired) electrons. The van der Waals surface area contributed by atoms with Crippen LogP contribution >= 0.6 is 0 Å². The minimum Gasteiger partial charge on any atom is -0.748 e. The molecule has 98 valence electrons. The number of hydrogen-bond donors (Lipinski definition) is 1. The molecule has 0 atom stereocenters. The summed E-state index contributed by atoms with van der Waals surface area (Å²) >= 11 is 0. The third kappa shape index (κ3) is 4.25. The van der Waals surface area contributed by atoms with Gasteiger partial charge in [0.25, 0.3) is 0 Å². The van der Waals surface area contributed by atoms with Gasteiger partial charge in [0.05, 0.1) is 0 Å². The first-order valence-electron chi connectivity index (χ1n) is 5.60. The van der Waals surface area contributed by atoms with Gasteiger partial charge in [-0.15, -0.1) is 29.8 Å². The third-order valence-electron chi connectivity index (χ3n) is 2.46. The second-order valence-corrected chi connectivity index (χ2v) is 3.76. The zero-order valence-electron chi connectivity index (χ0n) is 9.94. The van der Waals surface area contributed by atoms with Crippen molar-refractivity contribution in [2.45, 2.75) is 0 Å². The maximum Gasteiger partial charge on any atom is 0.0163 e. The van der Waals surface area contributed by atoms with Crippen LogP contribution in [-0.4, -0.2) is 0 Å². The average Bonchev–Trinajstić information content (AvgIpc) is 3.06. The van der Waals surface area contributed by atoms with Crippen molar-refractivity contribution in [1.29, 1.82) is 0 Å². The first-order chi connectivity index (χ1) is 8.36. The van der Waals surface area contributed by atoms with E-state index < -0.39 is 0 Å². The zero-order valence-corrected chi connectivity index (χ0v) is 11.0. The van der Waals surface area contributed by atoms with Gasteiger partial charge in [0, 0.05) is 22.8 Å². The largest absolute Gasteiger partial charge is 0.748 e. The Balaban J connectivity index is 0.000000230. The van der Waals surface area contributed by atoms with Gasteiger partial charge in [0.15, 0.2) is 0 Å². The summed E-state index contributed by atoms with van der Waals surface area (Å²) in [5.74, 6) is 0. The van der Waals surface area contributed by atoms with Gasteiger partial charge in [0.1, 0.15) is 0 Å². The minimum absolute atomic E-state index is 0. The predicted molar refractivity (Wildman–Crippen MR) is 73.9 cm³/mol.